The number of nitrogens with zero attached hydrogens (tertiary/aromatic N) is 2. The molecule has 0 spiro atoms. The Morgan fingerprint density at radius 3 is 2.43 bits per heavy atom. The average molecular weight is 435 g/mol. The molecule has 150 valence electrons. The minimum Gasteiger partial charge on any atom is -0.325 e. The van der Waals surface area contributed by atoms with Crippen LogP contribution in [0.25, 0.3) is 22.5 Å². The first kappa shape index (κ1) is 20.2. The van der Waals surface area contributed by atoms with Gasteiger partial charge in [0.2, 0.25) is 11.1 Å². The number of rotatable bonds is 6. The monoisotopic (exact) mass is 434 g/mol. The fraction of sp³-hybridized carbons (Fsp3) is 0.0870. The number of nitrogens with one attached hydrogen (secondary N) is 2. The van der Waals surface area contributed by atoms with Gasteiger partial charge in [-0.25, -0.2) is 4.98 Å². The quantitative estimate of drug-likeness (QED) is 0.370. The van der Waals surface area contributed by atoms with Crippen LogP contribution in [0.15, 0.2) is 84.0 Å². The number of aromatic nitrogens is 3. The first-order valence-corrected chi connectivity index (χ1v) is 10.7. The average Bonchev–Trinajstić information content (AvgIpc) is 3.23. The lowest BCUT2D eigenvalue weighted by Gasteiger charge is -2.14. The van der Waals surface area contributed by atoms with E-state index < -0.39 is 0 Å². The fourth-order valence-corrected chi connectivity index (χ4v) is 3.79. The van der Waals surface area contributed by atoms with Gasteiger partial charge in [-0.05, 0) is 42.8 Å². The van der Waals surface area contributed by atoms with Crippen LogP contribution in [0.3, 0.4) is 0 Å². The van der Waals surface area contributed by atoms with Crippen LogP contribution in [-0.2, 0) is 4.79 Å². The third kappa shape index (κ3) is 4.72. The second-order valence-corrected chi connectivity index (χ2v) is 8.38. The van der Waals surface area contributed by atoms with Gasteiger partial charge < -0.3 is 5.32 Å². The summed E-state index contributed by atoms with van der Waals surface area (Å²) >= 11 is 7.23. The topological polar surface area (TPSA) is 70.7 Å². The van der Waals surface area contributed by atoms with Crippen molar-refractivity contribution in [3.63, 3.8) is 0 Å². The van der Waals surface area contributed by atoms with E-state index in [1.54, 1.807) is 12.1 Å². The molecule has 5 nitrogen and oxygen atoms in total. The molecule has 0 fully saturated rings. The Bertz CT molecular complexity index is 1150. The molecule has 1 heterocycles. The molecule has 7 heteroatoms. The molecule has 0 aliphatic rings. The highest BCUT2D eigenvalue weighted by Crippen LogP contribution is 2.29. The van der Waals surface area contributed by atoms with Crippen molar-refractivity contribution < 1.29 is 4.79 Å². The molecule has 4 aromatic rings. The van der Waals surface area contributed by atoms with Crippen LogP contribution in [0.5, 0.6) is 0 Å². The summed E-state index contributed by atoms with van der Waals surface area (Å²) in [5.74, 6) is 0.525. The molecule has 2 N–H and O–H groups in total. The van der Waals surface area contributed by atoms with E-state index in [2.05, 4.69) is 20.5 Å². The Balaban J connectivity index is 1.45. The number of carbonyl (C=O) groups excluding carboxylic acids is 1. The van der Waals surface area contributed by atoms with Crippen molar-refractivity contribution in [3.05, 3.63) is 83.9 Å². The molecule has 0 aliphatic carbocycles. The molecule has 30 heavy (non-hydrogen) atoms. The van der Waals surface area contributed by atoms with Gasteiger partial charge >= 0.3 is 0 Å². The molecule has 0 saturated carbocycles. The minimum atomic E-state index is -0.373. The van der Waals surface area contributed by atoms with Gasteiger partial charge in [0, 0.05) is 21.8 Å². The highest BCUT2D eigenvalue weighted by atomic mass is 35.5. The Morgan fingerprint density at radius 1 is 0.967 bits per heavy atom. The Morgan fingerprint density at radius 2 is 1.67 bits per heavy atom. The minimum absolute atomic E-state index is 0.110. The molecule has 1 unspecified atom stereocenters. The predicted molar refractivity (Wildman–Crippen MR) is 123 cm³/mol. The van der Waals surface area contributed by atoms with Gasteiger partial charge in [0.1, 0.15) is 0 Å². The van der Waals surface area contributed by atoms with Crippen molar-refractivity contribution in [2.24, 2.45) is 0 Å². The summed E-state index contributed by atoms with van der Waals surface area (Å²) in [6.45, 7) is 1.84. The lowest BCUT2D eigenvalue weighted by molar-refractivity contribution is -0.115. The third-order valence-corrected chi connectivity index (χ3v) is 5.72. The molecule has 1 aromatic heterocycles. The van der Waals surface area contributed by atoms with Crippen LogP contribution in [0.1, 0.15) is 6.92 Å². The highest BCUT2D eigenvalue weighted by Gasteiger charge is 2.19. The second-order valence-electron chi connectivity index (χ2n) is 6.63. The summed E-state index contributed by atoms with van der Waals surface area (Å²) in [6.07, 6.45) is 0. The number of hydrogen-bond acceptors (Lipinski definition) is 4. The van der Waals surface area contributed by atoms with Crippen LogP contribution in [0.2, 0.25) is 5.02 Å². The van der Waals surface area contributed by atoms with E-state index in [9.17, 15) is 4.79 Å². The number of carbonyl (C=O) groups is 1. The maximum absolute atomic E-state index is 12.8. The smallest absolute Gasteiger partial charge is 0.237 e. The van der Waals surface area contributed by atoms with Gasteiger partial charge in [-0.3, -0.25) is 9.89 Å². The Labute approximate surface area is 183 Å². The van der Waals surface area contributed by atoms with Gasteiger partial charge in [-0.2, -0.15) is 0 Å². The summed E-state index contributed by atoms with van der Waals surface area (Å²) in [6, 6.07) is 25.1. The van der Waals surface area contributed by atoms with Crippen molar-refractivity contribution in [1.29, 1.82) is 0 Å². The fourth-order valence-electron chi connectivity index (χ4n) is 2.94. The molecule has 4 rings (SSSR count). The SMILES string of the molecule is CC(Sc1n[nH]c(-c2ccc(Cl)cc2)n1)C(=O)Nc1ccccc1-c1ccccc1. The molecule has 3 aromatic carbocycles. The van der Waals surface area contributed by atoms with Crippen LogP contribution in [0, 0.1) is 0 Å². The van der Waals surface area contributed by atoms with Gasteiger partial charge in [0.25, 0.3) is 0 Å². The first-order valence-electron chi connectivity index (χ1n) is 9.40. The van der Waals surface area contributed by atoms with Crippen LogP contribution in [-0.4, -0.2) is 26.3 Å². The molecule has 1 amide bonds. The number of H-pyrrole nitrogens is 1. The molecule has 0 saturated heterocycles. The zero-order valence-electron chi connectivity index (χ0n) is 16.2. The van der Waals surface area contributed by atoms with Gasteiger partial charge in [0.05, 0.1) is 5.25 Å². The number of benzene rings is 3. The number of aromatic amines is 1. The van der Waals surface area contributed by atoms with Crippen molar-refractivity contribution in [1.82, 2.24) is 15.2 Å². The standard InChI is InChI=1S/C23H19ClN4OS/c1-15(30-23-26-21(27-28-23)17-11-13-18(24)14-12-17)22(29)25-20-10-6-5-9-19(20)16-7-3-2-4-8-16/h2-15H,1H3,(H,25,29)(H,26,27,28). The van der Waals surface area contributed by atoms with Crippen LogP contribution >= 0.6 is 23.4 Å². The van der Waals surface area contributed by atoms with Crippen molar-refractivity contribution >= 4 is 35.0 Å². The Kier molecular flexibility index (Phi) is 6.16. The lowest BCUT2D eigenvalue weighted by atomic mass is 10.0. The first-order chi connectivity index (χ1) is 14.6. The third-order valence-electron chi connectivity index (χ3n) is 4.50. The van der Waals surface area contributed by atoms with Crippen molar-refractivity contribution in [3.8, 4) is 22.5 Å². The van der Waals surface area contributed by atoms with E-state index in [0.717, 1.165) is 22.4 Å². The number of amides is 1. The number of para-hydroxylation sites is 1. The molecule has 0 bridgehead atoms. The molecule has 0 aliphatic heterocycles. The summed E-state index contributed by atoms with van der Waals surface area (Å²) in [5.41, 5.74) is 3.69. The van der Waals surface area contributed by atoms with Gasteiger partial charge in [-0.1, -0.05) is 71.9 Å². The van der Waals surface area contributed by atoms with Gasteiger partial charge in [-0.15, -0.1) is 5.10 Å². The molecular formula is C23H19ClN4OS. The van der Waals surface area contributed by atoms with E-state index in [0.29, 0.717) is 16.0 Å². The number of halogens is 1. The maximum Gasteiger partial charge on any atom is 0.237 e. The molecule has 0 radical (unpaired) electrons. The predicted octanol–water partition coefficient (Wildman–Crippen LogP) is 5.91. The number of anilines is 1. The second kappa shape index (κ2) is 9.15. The maximum atomic E-state index is 12.8. The van der Waals surface area contributed by atoms with Crippen LogP contribution < -0.4 is 5.32 Å². The zero-order chi connectivity index (χ0) is 20.9. The Hall–Kier alpha value is -3.09. The van der Waals surface area contributed by atoms with Crippen molar-refractivity contribution in [2.75, 3.05) is 5.32 Å². The van der Waals surface area contributed by atoms with E-state index in [-0.39, 0.29) is 11.2 Å². The molecular weight excluding hydrogens is 416 g/mol. The summed E-state index contributed by atoms with van der Waals surface area (Å²) in [4.78, 5) is 17.3. The number of hydrogen-bond donors (Lipinski definition) is 2. The summed E-state index contributed by atoms with van der Waals surface area (Å²) in [5, 5.41) is 11.0. The zero-order valence-corrected chi connectivity index (χ0v) is 17.7. The number of thioether (sulfide) groups is 1. The largest absolute Gasteiger partial charge is 0.325 e. The summed E-state index contributed by atoms with van der Waals surface area (Å²) < 4.78 is 0. The van der Waals surface area contributed by atoms with Crippen LogP contribution in [0.4, 0.5) is 5.69 Å². The van der Waals surface area contributed by atoms with E-state index >= 15 is 0 Å². The molecule has 1 atom stereocenters. The van der Waals surface area contributed by atoms with Crippen molar-refractivity contribution in [2.45, 2.75) is 17.3 Å². The summed E-state index contributed by atoms with van der Waals surface area (Å²) in [7, 11) is 0. The van der Waals surface area contributed by atoms with Gasteiger partial charge in [0.15, 0.2) is 5.82 Å². The van der Waals surface area contributed by atoms with E-state index in [4.69, 9.17) is 11.6 Å². The van der Waals surface area contributed by atoms with E-state index in [1.165, 1.54) is 11.8 Å². The lowest BCUT2D eigenvalue weighted by Crippen LogP contribution is -2.22. The normalized spacial score (nSPS) is 11.8. The highest BCUT2D eigenvalue weighted by molar-refractivity contribution is 8.00. The van der Waals surface area contributed by atoms with E-state index in [1.807, 2.05) is 73.7 Å².